The predicted molar refractivity (Wildman–Crippen MR) is 67.4 cm³/mol. The molecule has 1 aromatic carbocycles. The van der Waals surface area contributed by atoms with Gasteiger partial charge in [-0.05, 0) is 37.1 Å². The van der Waals surface area contributed by atoms with Crippen LogP contribution in [0.1, 0.15) is 36.0 Å². The maximum atomic E-state index is 11.4. The third kappa shape index (κ3) is 2.30. The number of aliphatic carboxylic acids is 1. The monoisotopic (exact) mass is 248 g/mol. The van der Waals surface area contributed by atoms with Crippen LogP contribution in [0.2, 0.25) is 0 Å². The third-order valence-electron chi connectivity index (χ3n) is 3.42. The summed E-state index contributed by atoms with van der Waals surface area (Å²) in [6, 6.07) is 6.55. The van der Waals surface area contributed by atoms with E-state index in [1.165, 1.54) is 0 Å². The van der Waals surface area contributed by atoms with Gasteiger partial charge in [-0.15, -0.1) is 0 Å². The van der Waals surface area contributed by atoms with E-state index in [0.29, 0.717) is 24.1 Å². The van der Waals surface area contributed by atoms with Crippen molar-refractivity contribution in [2.45, 2.75) is 31.2 Å². The largest absolute Gasteiger partial charge is 0.480 e. The summed E-state index contributed by atoms with van der Waals surface area (Å²) < 4.78 is 0. The fourth-order valence-corrected chi connectivity index (χ4v) is 2.37. The van der Waals surface area contributed by atoms with Gasteiger partial charge in [0, 0.05) is 11.3 Å². The Labute approximate surface area is 105 Å². The highest BCUT2D eigenvalue weighted by Gasteiger charge is 2.41. The van der Waals surface area contributed by atoms with Crippen LogP contribution >= 0.6 is 0 Å². The number of nitrogens with two attached hydrogens (primary N) is 1. The van der Waals surface area contributed by atoms with Crippen LogP contribution in [-0.2, 0) is 4.79 Å². The lowest BCUT2D eigenvalue weighted by molar-refractivity contribution is -0.142. The minimum absolute atomic E-state index is 0.413. The van der Waals surface area contributed by atoms with E-state index in [0.717, 1.165) is 12.8 Å². The standard InChI is InChI=1S/C13H16N2O3/c14-11(16)9-3-5-10(6-4-9)15-13(12(17)18)7-1-2-8-13/h3-6,15H,1-2,7-8H2,(H2,14,16)(H,17,18). The number of nitrogens with one attached hydrogen (secondary N) is 1. The van der Waals surface area contributed by atoms with Crippen LogP contribution in [0, 0.1) is 0 Å². The quantitative estimate of drug-likeness (QED) is 0.754. The lowest BCUT2D eigenvalue weighted by atomic mass is 9.97. The van der Waals surface area contributed by atoms with Gasteiger partial charge in [-0.1, -0.05) is 12.8 Å². The molecule has 0 atom stereocenters. The highest BCUT2D eigenvalue weighted by Crippen LogP contribution is 2.33. The summed E-state index contributed by atoms with van der Waals surface area (Å²) in [5, 5.41) is 12.4. The highest BCUT2D eigenvalue weighted by atomic mass is 16.4. The van der Waals surface area contributed by atoms with Crippen LogP contribution in [0.4, 0.5) is 5.69 Å². The molecule has 1 aromatic rings. The van der Waals surface area contributed by atoms with Crippen LogP contribution in [0.3, 0.4) is 0 Å². The molecule has 2 rings (SSSR count). The summed E-state index contributed by atoms with van der Waals surface area (Å²) in [7, 11) is 0. The molecule has 5 heteroatoms. The Bertz CT molecular complexity index is 462. The van der Waals surface area contributed by atoms with E-state index in [1.807, 2.05) is 0 Å². The van der Waals surface area contributed by atoms with Gasteiger partial charge in [0.15, 0.2) is 0 Å². The second-order valence-corrected chi connectivity index (χ2v) is 4.66. The molecule has 1 amide bonds. The number of anilines is 1. The summed E-state index contributed by atoms with van der Waals surface area (Å²) in [6.07, 6.45) is 3.08. The maximum Gasteiger partial charge on any atom is 0.329 e. The Kier molecular flexibility index (Phi) is 3.23. The highest BCUT2D eigenvalue weighted by molar-refractivity contribution is 5.93. The van der Waals surface area contributed by atoms with E-state index < -0.39 is 17.4 Å². The fourth-order valence-electron chi connectivity index (χ4n) is 2.37. The molecule has 0 aliphatic heterocycles. The lowest BCUT2D eigenvalue weighted by Crippen LogP contribution is -2.43. The molecular weight excluding hydrogens is 232 g/mol. The number of carbonyl (C=O) groups is 2. The molecule has 0 aromatic heterocycles. The Balaban J connectivity index is 2.17. The van der Waals surface area contributed by atoms with Crippen molar-refractivity contribution in [3.8, 4) is 0 Å². The van der Waals surface area contributed by atoms with Gasteiger partial charge in [0.05, 0.1) is 0 Å². The average molecular weight is 248 g/mol. The third-order valence-corrected chi connectivity index (χ3v) is 3.42. The second-order valence-electron chi connectivity index (χ2n) is 4.66. The Morgan fingerprint density at radius 1 is 1.17 bits per heavy atom. The van der Waals surface area contributed by atoms with E-state index in [1.54, 1.807) is 24.3 Å². The summed E-state index contributed by atoms with van der Waals surface area (Å²) in [6.45, 7) is 0. The minimum Gasteiger partial charge on any atom is -0.480 e. The Morgan fingerprint density at radius 2 is 1.72 bits per heavy atom. The molecule has 1 fully saturated rings. The van der Waals surface area contributed by atoms with Gasteiger partial charge in [-0.3, -0.25) is 4.79 Å². The number of hydrogen-bond acceptors (Lipinski definition) is 3. The molecule has 5 nitrogen and oxygen atoms in total. The van der Waals surface area contributed by atoms with Crippen molar-refractivity contribution in [2.75, 3.05) is 5.32 Å². The van der Waals surface area contributed by atoms with Gasteiger partial charge in [0.25, 0.3) is 0 Å². The first-order chi connectivity index (χ1) is 8.53. The zero-order valence-corrected chi connectivity index (χ0v) is 9.98. The van der Waals surface area contributed by atoms with E-state index in [9.17, 15) is 14.7 Å². The first-order valence-corrected chi connectivity index (χ1v) is 5.95. The van der Waals surface area contributed by atoms with Crippen molar-refractivity contribution in [3.05, 3.63) is 29.8 Å². The number of benzene rings is 1. The molecule has 1 saturated carbocycles. The van der Waals surface area contributed by atoms with Crippen LogP contribution in [0.15, 0.2) is 24.3 Å². The minimum atomic E-state index is -0.867. The topological polar surface area (TPSA) is 92.4 Å². The van der Waals surface area contributed by atoms with Crippen molar-refractivity contribution >= 4 is 17.6 Å². The number of amides is 1. The molecule has 96 valence electrons. The fraction of sp³-hybridized carbons (Fsp3) is 0.385. The normalized spacial score (nSPS) is 17.3. The number of primary amides is 1. The van der Waals surface area contributed by atoms with Gasteiger partial charge < -0.3 is 16.2 Å². The van der Waals surface area contributed by atoms with Crippen LogP contribution in [0.5, 0.6) is 0 Å². The molecule has 0 unspecified atom stereocenters. The molecule has 0 bridgehead atoms. The number of rotatable bonds is 4. The first-order valence-electron chi connectivity index (χ1n) is 5.95. The molecule has 0 spiro atoms. The molecule has 0 saturated heterocycles. The maximum absolute atomic E-state index is 11.4. The molecule has 4 N–H and O–H groups in total. The average Bonchev–Trinajstić information content (AvgIpc) is 2.79. The Morgan fingerprint density at radius 3 is 2.17 bits per heavy atom. The zero-order valence-electron chi connectivity index (χ0n) is 9.98. The predicted octanol–water partition coefficient (Wildman–Crippen LogP) is 1.59. The smallest absolute Gasteiger partial charge is 0.329 e. The van der Waals surface area contributed by atoms with Gasteiger partial charge in [-0.2, -0.15) is 0 Å². The summed E-state index contributed by atoms with van der Waals surface area (Å²) in [5.74, 6) is -1.31. The van der Waals surface area contributed by atoms with Crippen molar-refractivity contribution in [2.24, 2.45) is 5.73 Å². The van der Waals surface area contributed by atoms with E-state index in [2.05, 4.69) is 5.32 Å². The zero-order chi connectivity index (χ0) is 13.2. The van der Waals surface area contributed by atoms with Crippen molar-refractivity contribution in [3.63, 3.8) is 0 Å². The molecule has 1 aliphatic rings. The summed E-state index contributed by atoms with van der Waals surface area (Å²) >= 11 is 0. The van der Waals surface area contributed by atoms with E-state index in [4.69, 9.17) is 5.73 Å². The van der Waals surface area contributed by atoms with Crippen LogP contribution in [0.25, 0.3) is 0 Å². The number of hydrogen-bond donors (Lipinski definition) is 3. The first kappa shape index (κ1) is 12.4. The van der Waals surface area contributed by atoms with Crippen molar-refractivity contribution in [1.29, 1.82) is 0 Å². The van der Waals surface area contributed by atoms with Gasteiger partial charge >= 0.3 is 5.97 Å². The molecular formula is C13H16N2O3. The van der Waals surface area contributed by atoms with E-state index in [-0.39, 0.29) is 0 Å². The summed E-state index contributed by atoms with van der Waals surface area (Å²) in [4.78, 5) is 22.3. The lowest BCUT2D eigenvalue weighted by Gasteiger charge is -2.26. The van der Waals surface area contributed by atoms with Gasteiger partial charge in [0.1, 0.15) is 5.54 Å². The SMILES string of the molecule is NC(=O)c1ccc(NC2(C(=O)O)CCCC2)cc1. The Hall–Kier alpha value is -2.04. The van der Waals surface area contributed by atoms with E-state index >= 15 is 0 Å². The van der Waals surface area contributed by atoms with Gasteiger partial charge in [0.2, 0.25) is 5.91 Å². The summed E-state index contributed by atoms with van der Waals surface area (Å²) in [5.41, 5.74) is 5.39. The molecule has 18 heavy (non-hydrogen) atoms. The molecule has 0 radical (unpaired) electrons. The molecule has 1 aliphatic carbocycles. The van der Waals surface area contributed by atoms with Crippen LogP contribution in [-0.4, -0.2) is 22.5 Å². The second kappa shape index (κ2) is 4.68. The molecule has 0 heterocycles. The number of carbonyl (C=O) groups excluding carboxylic acids is 1. The van der Waals surface area contributed by atoms with Crippen molar-refractivity contribution in [1.82, 2.24) is 0 Å². The van der Waals surface area contributed by atoms with Gasteiger partial charge in [-0.25, -0.2) is 4.79 Å². The number of carboxylic acid groups (broad SMARTS) is 1. The van der Waals surface area contributed by atoms with Crippen LogP contribution < -0.4 is 11.1 Å². The van der Waals surface area contributed by atoms with Crippen molar-refractivity contribution < 1.29 is 14.7 Å². The number of carboxylic acids is 1.